The highest BCUT2D eigenvalue weighted by molar-refractivity contribution is 7.88. The largest absolute Gasteiger partial charge is 0.334 e. The number of allylic oxidation sites excluding steroid dienone is 1. The highest BCUT2D eigenvalue weighted by Gasteiger charge is 2.09. The van der Waals surface area contributed by atoms with Crippen molar-refractivity contribution in [1.82, 2.24) is 10.1 Å². The normalized spacial score (nSPS) is 11.4. The van der Waals surface area contributed by atoms with E-state index in [-0.39, 0.29) is 5.75 Å². The van der Waals surface area contributed by atoms with E-state index in [2.05, 4.69) is 24.0 Å². The zero-order chi connectivity index (χ0) is 16.2. The summed E-state index contributed by atoms with van der Waals surface area (Å²) < 4.78 is 27.3. The number of nitrogens with zero attached hydrogens (tertiary/aromatic N) is 2. The van der Waals surface area contributed by atoms with Gasteiger partial charge in [-0.25, -0.2) is 13.6 Å². The molecule has 0 unspecified atom stereocenters. The molecule has 0 fully saturated rings. The molecule has 0 aliphatic rings. The molecule has 2 aromatic rings. The average molecular weight is 321 g/mol. The van der Waals surface area contributed by atoms with E-state index >= 15 is 0 Å². The number of primary sulfonamides is 1. The van der Waals surface area contributed by atoms with Crippen LogP contribution in [0.2, 0.25) is 0 Å². The molecule has 2 N–H and O–H groups in total. The van der Waals surface area contributed by atoms with Crippen molar-refractivity contribution in [1.29, 1.82) is 0 Å². The molecule has 0 amide bonds. The third-order valence-electron chi connectivity index (χ3n) is 3.26. The van der Waals surface area contributed by atoms with Crippen LogP contribution in [0.4, 0.5) is 0 Å². The summed E-state index contributed by atoms with van der Waals surface area (Å²) in [7, 11) is -3.53. The second-order valence-corrected chi connectivity index (χ2v) is 6.58. The smallest absolute Gasteiger partial charge is 0.250 e. The van der Waals surface area contributed by atoms with Gasteiger partial charge in [-0.1, -0.05) is 48.8 Å². The van der Waals surface area contributed by atoms with Crippen LogP contribution in [-0.2, 0) is 15.8 Å². The van der Waals surface area contributed by atoms with Crippen LogP contribution >= 0.6 is 0 Å². The Morgan fingerprint density at radius 1 is 1.23 bits per heavy atom. The summed E-state index contributed by atoms with van der Waals surface area (Å²) >= 11 is 0. The molecule has 0 radical (unpaired) electrons. The SMILES string of the molecule is CCC(=Cc1nc(-c2ccc(CS(N)(=O)=O)cc2)no1)CC. The molecular formula is C15H19N3O3S. The van der Waals surface area contributed by atoms with Crippen molar-refractivity contribution in [3.8, 4) is 11.4 Å². The van der Waals surface area contributed by atoms with Gasteiger partial charge >= 0.3 is 0 Å². The first-order valence-electron chi connectivity index (χ1n) is 7.04. The Morgan fingerprint density at radius 3 is 2.41 bits per heavy atom. The van der Waals surface area contributed by atoms with E-state index in [1.54, 1.807) is 24.3 Å². The molecule has 0 bridgehead atoms. The zero-order valence-electron chi connectivity index (χ0n) is 12.6. The predicted molar refractivity (Wildman–Crippen MR) is 85.1 cm³/mol. The summed E-state index contributed by atoms with van der Waals surface area (Å²) in [5.41, 5.74) is 2.61. The van der Waals surface area contributed by atoms with E-state index in [9.17, 15) is 8.42 Å². The van der Waals surface area contributed by atoms with Crippen molar-refractivity contribution in [2.75, 3.05) is 0 Å². The van der Waals surface area contributed by atoms with Gasteiger partial charge in [0.25, 0.3) is 5.89 Å². The van der Waals surface area contributed by atoms with Crippen molar-refractivity contribution >= 4 is 16.1 Å². The molecule has 7 heteroatoms. The maximum atomic E-state index is 11.1. The summed E-state index contributed by atoms with van der Waals surface area (Å²) in [4.78, 5) is 4.32. The maximum Gasteiger partial charge on any atom is 0.250 e. The highest BCUT2D eigenvalue weighted by atomic mass is 32.2. The Bertz CT molecular complexity index is 756. The second kappa shape index (κ2) is 6.85. The molecule has 0 spiro atoms. The van der Waals surface area contributed by atoms with E-state index in [1.165, 1.54) is 5.57 Å². The van der Waals surface area contributed by atoms with E-state index in [0.717, 1.165) is 18.4 Å². The molecule has 0 saturated carbocycles. The summed E-state index contributed by atoms with van der Waals surface area (Å²) in [6.07, 6.45) is 3.78. The Balaban J connectivity index is 2.19. The lowest BCUT2D eigenvalue weighted by Gasteiger charge is -2.00. The van der Waals surface area contributed by atoms with Crippen molar-refractivity contribution < 1.29 is 12.9 Å². The van der Waals surface area contributed by atoms with Gasteiger partial charge in [-0.2, -0.15) is 4.98 Å². The maximum absolute atomic E-state index is 11.1. The quantitative estimate of drug-likeness (QED) is 0.882. The first-order chi connectivity index (χ1) is 10.4. The first kappa shape index (κ1) is 16.4. The van der Waals surface area contributed by atoms with Crippen molar-refractivity contribution in [3.05, 3.63) is 41.3 Å². The molecule has 1 heterocycles. The number of benzene rings is 1. The highest BCUT2D eigenvalue weighted by Crippen LogP contribution is 2.19. The Kier molecular flexibility index (Phi) is 5.10. The van der Waals surface area contributed by atoms with E-state index in [1.807, 2.05) is 6.08 Å². The van der Waals surface area contributed by atoms with Gasteiger partial charge in [0.2, 0.25) is 15.8 Å². The van der Waals surface area contributed by atoms with Crippen LogP contribution in [-0.4, -0.2) is 18.6 Å². The minimum absolute atomic E-state index is 0.191. The lowest BCUT2D eigenvalue weighted by atomic mass is 10.1. The van der Waals surface area contributed by atoms with E-state index in [4.69, 9.17) is 9.66 Å². The van der Waals surface area contributed by atoms with Crippen LogP contribution in [0.15, 0.2) is 34.4 Å². The van der Waals surface area contributed by atoms with Gasteiger partial charge in [0.15, 0.2) is 0 Å². The van der Waals surface area contributed by atoms with E-state index < -0.39 is 10.0 Å². The lowest BCUT2D eigenvalue weighted by molar-refractivity contribution is 0.410. The van der Waals surface area contributed by atoms with Crippen LogP contribution in [0.5, 0.6) is 0 Å². The fourth-order valence-electron chi connectivity index (χ4n) is 2.02. The third kappa shape index (κ3) is 4.51. The number of hydrogen-bond acceptors (Lipinski definition) is 5. The fourth-order valence-corrected chi connectivity index (χ4v) is 2.68. The molecule has 1 aromatic heterocycles. The molecule has 118 valence electrons. The molecule has 0 aliphatic heterocycles. The first-order valence-corrected chi connectivity index (χ1v) is 8.75. The van der Waals surface area contributed by atoms with Gasteiger partial charge in [0.1, 0.15) is 0 Å². The minimum atomic E-state index is -3.53. The van der Waals surface area contributed by atoms with Gasteiger partial charge < -0.3 is 4.52 Å². The van der Waals surface area contributed by atoms with Gasteiger partial charge in [0, 0.05) is 11.6 Å². The standard InChI is InChI=1S/C15H19N3O3S/c1-3-11(4-2)9-14-17-15(18-21-14)13-7-5-12(6-8-13)10-22(16,19)20/h5-9H,3-4,10H2,1-2H3,(H2,16,19,20). The topological polar surface area (TPSA) is 99.1 Å². The number of sulfonamides is 1. The van der Waals surface area contributed by atoms with Gasteiger partial charge in [-0.15, -0.1) is 0 Å². The lowest BCUT2D eigenvalue weighted by Crippen LogP contribution is -2.14. The third-order valence-corrected chi connectivity index (χ3v) is 3.99. The van der Waals surface area contributed by atoms with E-state index in [0.29, 0.717) is 17.3 Å². The Labute approximate surface area is 130 Å². The summed E-state index contributed by atoms with van der Waals surface area (Å²) in [6, 6.07) is 6.88. The zero-order valence-corrected chi connectivity index (χ0v) is 13.4. The molecular weight excluding hydrogens is 302 g/mol. The van der Waals surface area contributed by atoms with Crippen molar-refractivity contribution in [3.63, 3.8) is 0 Å². The van der Waals surface area contributed by atoms with Crippen LogP contribution < -0.4 is 5.14 Å². The Hall–Kier alpha value is -1.99. The molecule has 0 saturated heterocycles. The van der Waals surface area contributed by atoms with Crippen molar-refractivity contribution in [2.24, 2.45) is 5.14 Å². The van der Waals surface area contributed by atoms with Crippen LogP contribution in [0, 0.1) is 0 Å². The molecule has 22 heavy (non-hydrogen) atoms. The minimum Gasteiger partial charge on any atom is -0.334 e. The predicted octanol–water partition coefficient (Wildman–Crippen LogP) is 2.73. The van der Waals surface area contributed by atoms with Gasteiger partial charge in [-0.05, 0) is 18.4 Å². The summed E-state index contributed by atoms with van der Waals surface area (Å²) in [5.74, 6) is 0.756. The number of rotatable bonds is 6. The van der Waals surface area contributed by atoms with Gasteiger partial charge in [0.05, 0.1) is 5.75 Å². The van der Waals surface area contributed by atoms with Crippen LogP contribution in [0.1, 0.15) is 38.1 Å². The number of aromatic nitrogens is 2. The number of hydrogen-bond donors (Lipinski definition) is 1. The number of nitrogens with two attached hydrogens (primary N) is 1. The van der Waals surface area contributed by atoms with Crippen molar-refractivity contribution in [2.45, 2.75) is 32.4 Å². The molecule has 6 nitrogen and oxygen atoms in total. The summed E-state index contributed by atoms with van der Waals surface area (Å²) in [6.45, 7) is 4.16. The van der Waals surface area contributed by atoms with Gasteiger partial charge in [-0.3, -0.25) is 0 Å². The molecule has 2 rings (SSSR count). The Morgan fingerprint density at radius 2 is 1.86 bits per heavy atom. The summed E-state index contributed by atoms with van der Waals surface area (Å²) in [5, 5.41) is 8.96. The molecule has 0 atom stereocenters. The second-order valence-electron chi connectivity index (χ2n) is 4.97. The molecule has 1 aromatic carbocycles. The molecule has 0 aliphatic carbocycles. The van der Waals surface area contributed by atoms with Crippen LogP contribution in [0.25, 0.3) is 17.5 Å². The monoisotopic (exact) mass is 321 g/mol. The average Bonchev–Trinajstić information content (AvgIpc) is 2.92. The van der Waals surface area contributed by atoms with Crippen LogP contribution in [0.3, 0.4) is 0 Å². The fraction of sp³-hybridized carbons (Fsp3) is 0.333.